The first-order valence-corrected chi connectivity index (χ1v) is 12.4. The number of benzene rings is 4. The zero-order chi connectivity index (χ0) is 23.4. The van der Waals surface area contributed by atoms with E-state index in [0.29, 0.717) is 35.0 Å². The number of nitrogens with one attached hydrogen (secondary N) is 2. The summed E-state index contributed by atoms with van der Waals surface area (Å²) in [4.78, 5) is 12.8. The van der Waals surface area contributed by atoms with Crippen molar-refractivity contribution in [3.8, 4) is 0 Å². The maximum absolute atomic E-state index is 12.9. The molecule has 0 fully saturated rings. The van der Waals surface area contributed by atoms with Crippen LogP contribution in [0.4, 0.5) is 5.69 Å². The molecule has 0 aliphatic rings. The molecule has 2 N–H and O–H groups in total. The Morgan fingerprint density at radius 3 is 2.18 bits per heavy atom. The highest BCUT2D eigenvalue weighted by molar-refractivity contribution is 7.92. The van der Waals surface area contributed by atoms with Crippen LogP contribution in [-0.4, -0.2) is 20.9 Å². The molecule has 0 aromatic heterocycles. The summed E-state index contributed by atoms with van der Waals surface area (Å²) in [5.41, 5.74) is 1.95. The van der Waals surface area contributed by atoms with Crippen molar-refractivity contribution in [1.29, 1.82) is 0 Å². The lowest BCUT2D eigenvalue weighted by atomic mass is 10.0. The second-order valence-electron chi connectivity index (χ2n) is 7.41. The Morgan fingerprint density at radius 1 is 0.788 bits per heavy atom. The first kappa shape index (κ1) is 23.1. The Hall–Kier alpha value is -3.06. The standard InChI is InChI=1S/C25H20Cl2N2O3S/c26-18-14-19(27)16-20(15-18)33(31,32)29-24-11-5-8-21-22(24)9-4-10-23(21)25(30)28-13-12-17-6-2-1-3-7-17/h1-11,14-16,29H,12-13H2,(H,28,30). The third-order valence-corrected chi connectivity index (χ3v) is 6.88. The van der Waals surface area contributed by atoms with E-state index in [2.05, 4.69) is 10.0 Å². The summed E-state index contributed by atoms with van der Waals surface area (Å²) in [5, 5.41) is 4.61. The molecular formula is C25H20Cl2N2O3S. The van der Waals surface area contributed by atoms with E-state index < -0.39 is 10.0 Å². The minimum Gasteiger partial charge on any atom is -0.352 e. The summed E-state index contributed by atoms with van der Waals surface area (Å²) >= 11 is 11.9. The summed E-state index contributed by atoms with van der Waals surface area (Å²) in [5.74, 6) is -0.224. The minimum atomic E-state index is -3.95. The van der Waals surface area contributed by atoms with Crippen molar-refractivity contribution in [2.45, 2.75) is 11.3 Å². The third kappa shape index (κ3) is 5.47. The van der Waals surface area contributed by atoms with Crippen LogP contribution in [0.25, 0.3) is 10.8 Å². The fourth-order valence-corrected chi connectivity index (χ4v) is 5.35. The molecule has 168 valence electrons. The number of rotatable bonds is 7. The number of carbonyl (C=O) groups is 1. The van der Waals surface area contributed by atoms with Crippen LogP contribution < -0.4 is 10.0 Å². The van der Waals surface area contributed by atoms with Gasteiger partial charge in [-0.3, -0.25) is 9.52 Å². The molecule has 4 rings (SSSR count). The Balaban J connectivity index is 1.59. The predicted molar refractivity (Wildman–Crippen MR) is 134 cm³/mol. The molecule has 4 aromatic carbocycles. The van der Waals surface area contributed by atoms with Gasteiger partial charge in [0.15, 0.2) is 0 Å². The number of hydrogen-bond acceptors (Lipinski definition) is 3. The molecule has 0 spiro atoms. The van der Waals surface area contributed by atoms with Crippen molar-refractivity contribution in [1.82, 2.24) is 5.32 Å². The Morgan fingerprint density at radius 2 is 1.45 bits per heavy atom. The average molecular weight is 499 g/mol. The molecule has 0 saturated heterocycles. The van der Waals surface area contributed by atoms with Crippen molar-refractivity contribution in [2.24, 2.45) is 0 Å². The number of amides is 1. The largest absolute Gasteiger partial charge is 0.352 e. The number of sulfonamides is 1. The number of carbonyl (C=O) groups excluding carboxylic acids is 1. The fourth-order valence-electron chi connectivity index (χ4n) is 3.54. The number of halogens is 2. The van der Waals surface area contributed by atoms with E-state index in [0.717, 1.165) is 5.56 Å². The highest BCUT2D eigenvalue weighted by Crippen LogP contribution is 2.29. The Kier molecular flexibility index (Phi) is 6.88. The monoisotopic (exact) mass is 498 g/mol. The molecule has 0 heterocycles. The van der Waals surface area contributed by atoms with E-state index in [1.807, 2.05) is 30.3 Å². The van der Waals surface area contributed by atoms with E-state index in [-0.39, 0.29) is 20.8 Å². The van der Waals surface area contributed by atoms with Crippen LogP contribution in [0.5, 0.6) is 0 Å². The summed E-state index contributed by atoms with van der Waals surface area (Å²) in [7, 11) is -3.95. The van der Waals surface area contributed by atoms with E-state index >= 15 is 0 Å². The zero-order valence-electron chi connectivity index (χ0n) is 17.4. The van der Waals surface area contributed by atoms with E-state index in [1.165, 1.54) is 18.2 Å². The molecule has 0 aliphatic carbocycles. The summed E-state index contributed by atoms with van der Waals surface area (Å²) < 4.78 is 28.5. The number of anilines is 1. The van der Waals surface area contributed by atoms with Crippen molar-refractivity contribution in [3.05, 3.63) is 106 Å². The first-order chi connectivity index (χ1) is 15.8. The molecule has 0 atom stereocenters. The molecule has 0 unspecified atom stereocenters. The quantitative estimate of drug-likeness (QED) is 0.332. The lowest BCUT2D eigenvalue weighted by Crippen LogP contribution is -2.25. The smallest absolute Gasteiger partial charge is 0.262 e. The molecule has 5 nitrogen and oxygen atoms in total. The summed E-state index contributed by atoms with van der Waals surface area (Å²) in [6.45, 7) is 0.487. The van der Waals surface area contributed by atoms with Gasteiger partial charge in [-0.2, -0.15) is 0 Å². The SMILES string of the molecule is O=C(NCCc1ccccc1)c1cccc2c(NS(=O)(=O)c3cc(Cl)cc(Cl)c3)cccc12. The lowest BCUT2D eigenvalue weighted by Gasteiger charge is -2.13. The summed E-state index contributed by atoms with van der Waals surface area (Å²) in [6, 6.07) is 24.3. The van der Waals surface area contributed by atoms with Gasteiger partial charge in [-0.1, -0.05) is 77.8 Å². The lowest BCUT2D eigenvalue weighted by molar-refractivity contribution is 0.0956. The maximum Gasteiger partial charge on any atom is 0.262 e. The van der Waals surface area contributed by atoms with E-state index in [4.69, 9.17) is 23.2 Å². The van der Waals surface area contributed by atoms with Crippen molar-refractivity contribution < 1.29 is 13.2 Å². The molecule has 0 saturated carbocycles. The van der Waals surface area contributed by atoms with Gasteiger partial charge in [-0.25, -0.2) is 8.42 Å². The van der Waals surface area contributed by atoms with Gasteiger partial charge >= 0.3 is 0 Å². The molecular weight excluding hydrogens is 479 g/mol. The van der Waals surface area contributed by atoms with Crippen LogP contribution >= 0.6 is 23.2 Å². The fraction of sp³-hybridized carbons (Fsp3) is 0.0800. The van der Waals surface area contributed by atoms with Gasteiger partial charge in [0.05, 0.1) is 10.6 Å². The van der Waals surface area contributed by atoms with Gasteiger partial charge < -0.3 is 5.32 Å². The molecule has 4 aromatic rings. The number of fused-ring (bicyclic) bond motifs is 1. The highest BCUT2D eigenvalue weighted by Gasteiger charge is 2.18. The van der Waals surface area contributed by atoms with E-state index in [1.54, 1.807) is 36.4 Å². The molecule has 1 amide bonds. The van der Waals surface area contributed by atoms with Gasteiger partial charge in [0.25, 0.3) is 15.9 Å². The number of hydrogen-bond donors (Lipinski definition) is 2. The molecule has 8 heteroatoms. The van der Waals surface area contributed by atoms with Gasteiger partial charge in [0.2, 0.25) is 0 Å². The van der Waals surface area contributed by atoms with Crippen LogP contribution in [0.2, 0.25) is 10.0 Å². The third-order valence-electron chi connectivity index (χ3n) is 5.10. The van der Waals surface area contributed by atoms with Crippen molar-refractivity contribution >= 4 is 55.6 Å². The van der Waals surface area contributed by atoms with Gasteiger partial charge in [0, 0.05) is 27.5 Å². The molecule has 0 aliphatic heterocycles. The van der Waals surface area contributed by atoms with Crippen LogP contribution in [0.1, 0.15) is 15.9 Å². The second-order valence-corrected chi connectivity index (χ2v) is 9.96. The average Bonchev–Trinajstić information content (AvgIpc) is 2.79. The first-order valence-electron chi connectivity index (χ1n) is 10.2. The normalized spacial score (nSPS) is 11.3. The van der Waals surface area contributed by atoms with E-state index in [9.17, 15) is 13.2 Å². The van der Waals surface area contributed by atoms with Gasteiger partial charge in [0.1, 0.15) is 0 Å². The molecule has 0 bridgehead atoms. The highest BCUT2D eigenvalue weighted by atomic mass is 35.5. The van der Waals surface area contributed by atoms with Crippen LogP contribution in [0, 0.1) is 0 Å². The second kappa shape index (κ2) is 9.83. The van der Waals surface area contributed by atoms with Crippen LogP contribution in [-0.2, 0) is 16.4 Å². The molecule has 33 heavy (non-hydrogen) atoms. The van der Waals surface area contributed by atoms with Crippen LogP contribution in [0.3, 0.4) is 0 Å². The van der Waals surface area contributed by atoms with Crippen molar-refractivity contribution in [2.75, 3.05) is 11.3 Å². The Labute approximate surface area is 202 Å². The van der Waals surface area contributed by atoms with Crippen molar-refractivity contribution in [3.63, 3.8) is 0 Å². The Bertz CT molecular complexity index is 1400. The maximum atomic E-state index is 12.9. The van der Waals surface area contributed by atoms with Gasteiger partial charge in [-0.15, -0.1) is 0 Å². The molecule has 0 radical (unpaired) electrons. The van der Waals surface area contributed by atoms with Gasteiger partial charge in [-0.05, 0) is 47.7 Å². The summed E-state index contributed by atoms with van der Waals surface area (Å²) in [6.07, 6.45) is 0.713. The van der Waals surface area contributed by atoms with Crippen LogP contribution in [0.15, 0.2) is 89.8 Å². The zero-order valence-corrected chi connectivity index (χ0v) is 19.7. The predicted octanol–water partition coefficient (Wildman–Crippen LogP) is 5.92. The topological polar surface area (TPSA) is 75.3 Å². The minimum absolute atomic E-state index is 0.0492.